The van der Waals surface area contributed by atoms with Gasteiger partial charge in [-0.25, -0.2) is 0 Å². The topological polar surface area (TPSA) is 58.6 Å². The van der Waals surface area contributed by atoms with E-state index in [0.717, 1.165) is 22.2 Å². The summed E-state index contributed by atoms with van der Waals surface area (Å²) in [5.41, 5.74) is 2.04. The summed E-state index contributed by atoms with van der Waals surface area (Å²) in [5.74, 6) is 1.01. The number of carbonyl (C=O) groups is 2. The molecule has 1 heterocycles. The molecule has 5 rings (SSSR count). The molecule has 5 heteroatoms. The number of amides is 2. The Labute approximate surface area is 179 Å². The number of hydrogen-bond acceptors (Lipinski definition) is 3. The molecule has 1 aliphatic rings. The highest BCUT2D eigenvalue weighted by molar-refractivity contribution is 6.26. The SMILES string of the molecule is C[C@@H](C(=O)Nc1ccc(Oc2ccccc2)cc1)N1C(=O)c2cccc3cccc1c23. The van der Waals surface area contributed by atoms with E-state index in [1.54, 1.807) is 36.1 Å². The molecule has 0 unspecified atom stereocenters. The Morgan fingerprint density at radius 3 is 2.26 bits per heavy atom. The highest BCUT2D eigenvalue weighted by Gasteiger charge is 2.35. The van der Waals surface area contributed by atoms with Gasteiger partial charge in [0.2, 0.25) is 5.91 Å². The molecule has 5 nitrogen and oxygen atoms in total. The van der Waals surface area contributed by atoms with Crippen LogP contribution in [0.2, 0.25) is 0 Å². The van der Waals surface area contributed by atoms with Gasteiger partial charge in [0, 0.05) is 16.6 Å². The summed E-state index contributed by atoms with van der Waals surface area (Å²) in [6.07, 6.45) is 0. The summed E-state index contributed by atoms with van der Waals surface area (Å²) >= 11 is 0. The zero-order valence-corrected chi connectivity index (χ0v) is 16.9. The van der Waals surface area contributed by atoms with E-state index in [4.69, 9.17) is 4.74 Å². The minimum absolute atomic E-state index is 0.152. The zero-order chi connectivity index (χ0) is 21.4. The number of nitrogens with zero attached hydrogens (tertiary/aromatic N) is 1. The predicted molar refractivity (Wildman–Crippen MR) is 122 cm³/mol. The van der Waals surface area contributed by atoms with Crippen molar-refractivity contribution in [1.29, 1.82) is 0 Å². The van der Waals surface area contributed by atoms with E-state index in [1.165, 1.54) is 0 Å². The summed E-state index contributed by atoms with van der Waals surface area (Å²) in [6, 6.07) is 27.4. The van der Waals surface area contributed by atoms with Gasteiger partial charge in [-0.1, -0.05) is 42.5 Å². The van der Waals surface area contributed by atoms with Gasteiger partial charge in [-0.2, -0.15) is 0 Å². The average molecular weight is 408 g/mol. The van der Waals surface area contributed by atoms with Crippen molar-refractivity contribution in [3.8, 4) is 11.5 Å². The number of rotatable bonds is 5. The van der Waals surface area contributed by atoms with E-state index < -0.39 is 6.04 Å². The number of nitrogens with one attached hydrogen (secondary N) is 1. The molecule has 1 N–H and O–H groups in total. The van der Waals surface area contributed by atoms with Gasteiger partial charge in [0.15, 0.2) is 0 Å². The van der Waals surface area contributed by atoms with Crippen molar-refractivity contribution in [2.75, 3.05) is 10.2 Å². The molecule has 0 spiro atoms. The molecule has 152 valence electrons. The quantitative estimate of drug-likeness (QED) is 0.466. The van der Waals surface area contributed by atoms with Crippen LogP contribution in [-0.4, -0.2) is 17.9 Å². The van der Waals surface area contributed by atoms with Gasteiger partial charge in [0.05, 0.1) is 5.69 Å². The molecular weight excluding hydrogens is 388 g/mol. The van der Waals surface area contributed by atoms with Crippen molar-refractivity contribution < 1.29 is 14.3 Å². The lowest BCUT2D eigenvalue weighted by Crippen LogP contribution is -2.44. The molecule has 0 saturated heterocycles. The lowest BCUT2D eigenvalue weighted by atomic mass is 10.1. The molecule has 31 heavy (non-hydrogen) atoms. The van der Waals surface area contributed by atoms with E-state index in [0.29, 0.717) is 17.0 Å². The summed E-state index contributed by atoms with van der Waals surface area (Å²) in [5, 5.41) is 4.79. The van der Waals surface area contributed by atoms with Gasteiger partial charge >= 0.3 is 0 Å². The van der Waals surface area contributed by atoms with Crippen molar-refractivity contribution in [1.82, 2.24) is 0 Å². The second kappa shape index (κ2) is 7.61. The molecule has 0 aromatic heterocycles. The molecule has 0 bridgehead atoms. The maximum atomic E-state index is 13.0. The Morgan fingerprint density at radius 2 is 1.52 bits per heavy atom. The van der Waals surface area contributed by atoms with Crippen molar-refractivity contribution in [2.45, 2.75) is 13.0 Å². The van der Waals surface area contributed by atoms with Crippen molar-refractivity contribution in [2.24, 2.45) is 0 Å². The minimum Gasteiger partial charge on any atom is -0.457 e. The fourth-order valence-corrected chi connectivity index (χ4v) is 3.92. The van der Waals surface area contributed by atoms with Crippen LogP contribution < -0.4 is 15.0 Å². The zero-order valence-electron chi connectivity index (χ0n) is 16.9. The van der Waals surface area contributed by atoms with E-state index in [-0.39, 0.29) is 11.8 Å². The predicted octanol–water partition coefficient (Wildman–Crippen LogP) is 5.62. The van der Waals surface area contributed by atoms with Crippen molar-refractivity contribution in [3.63, 3.8) is 0 Å². The first-order valence-electron chi connectivity index (χ1n) is 10.1. The highest BCUT2D eigenvalue weighted by atomic mass is 16.5. The van der Waals surface area contributed by atoms with Crippen LogP contribution in [0.3, 0.4) is 0 Å². The second-order valence-corrected chi connectivity index (χ2v) is 7.46. The third-order valence-electron chi connectivity index (χ3n) is 5.46. The minimum atomic E-state index is -0.661. The molecule has 0 saturated carbocycles. The number of ether oxygens (including phenoxy) is 1. The molecule has 1 atom stereocenters. The Bertz CT molecular complexity index is 1280. The van der Waals surface area contributed by atoms with Crippen LogP contribution in [0, 0.1) is 0 Å². The van der Waals surface area contributed by atoms with Crippen LogP contribution in [0.15, 0.2) is 91.0 Å². The van der Waals surface area contributed by atoms with Crippen LogP contribution in [0.25, 0.3) is 10.8 Å². The standard InChI is InChI=1S/C26H20N2O3/c1-17(28-23-12-6-8-18-7-5-11-22(24(18)23)26(28)30)25(29)27-19-13-15-21(16-14-19)31-20-9-3-2-4-10-20/h2-17H,1H3,(H,27,29)/t17-/m0/s1. The van der Waals surface area contributed by atoms with Gasteiger partial charge in [-0.05, 0) is 60.8 Å². The van der Waals surface area contributed by atoms with Crippen molar-refractivity contribution >= 4 is 34.0 Å². The molecule has 0 radical (unpaired) electrons. The summed E-state index contributed by atoms with van der Waals surface area (Å²) in [6.45, 7) is 1.74. The lowest BCUT2D eigenvalue weighted by molar-refractivity contribution is -0.117. The Balaban J connectivity index is 1.32. The summed E-state index contributed by atoms with van der Waals surface area (Å²) in [4.78, 5) is 27.5. The van der Waals surface area contributed by atoms with Gasteiger partial charge in [-0.3, -0.25) is 14.5 Å². The Kier molecular flexibility index (Phi) is 4.64. The van der Waals surface area contributed by atoms with Crippen LogP contribution in [0.5, 0.6) is 11.5 Å². The first kappa shape index (κ1) is 18.9. The van der Waals surface area contributed by atoms with Gasteiger partial charge in [-0.15, -0.1) is 0 Å². The third kappa shape index (κ3) is 3.40. The van der Waals surface area contributed by atoms with E-state index in [1.807, 2.05) is 66.7 Å². The number of para-hydroxylation sites is 1. The largest absolute Gasteiger partial charge is 0.457 e. The Hall–Kier alpha value is -4.12. The number of benzene rings is 4. The molecule has 4 aromatic rings. The first-order valence-corrected chi connectivity index (χ1v) is 10.1. The fourth-order valence-electron chi connectivity index (χ4n) is 3.92. The van der Waals surface area contributed by atoms with E-state index >= 15 is 0 Å². The number of carbonyl (C=O) groups excluding carboxylic acids is 2. The number of anilines is 2. The maximum absolute atomic E-state index is 13.0. The highest BCUT2D eigenvalue weighted by Crippen LogP contribution is 2.38. The maximum Gasteiger partial charge on any atom is 0.259 e. The monoisotopic (exact) mass is 408 g/mol. The normalized spacial score (nSPS) is 13.3. The van der Waals surface area contributed by atoms with Crippen LogP contribution in [0.1, 0.15) is 17.3 Å². The van der Waals surface area contributed by atoms with Crippen LogP contribution in [-0.2, 0) is 4.79 Å². The molecular formula is C26H20N2O3. The molecule has 2 amide bonds. The smallest absolute Gasteiger partial charge is 0.259 e. The molecule has 4 aromatic carbocycles. The first-order chi connectivity index (χ1) is 15.1. The van der Waals surface area contributed by atoms with E-state index in [9.17, 15) is 9.59 Å². The second-order valence-electron chi connectivity index (χ2n) is 7.46. The van der Waals surface area contributed by atoms with Gasteiger partial charge < -0.3 is 10.1 Å². The third-order valence-corrected chi connectivity index (χ3v) is 5.46. The van der Waals surface area contributed by atoms with Gasteiger partial charge in [0.25, 0.3) is 5.91 Å². The molecule has 0 aliphatic carbocycles. The average Bonchev–Trinajstić information content (AvgIpc) is 3.09. The van der Waals surface area contributed by atoms with Crippen molar-refractivity contribution in [3.05, 3.63) is 96.6 Å². The number of hydrogen-bond donors (Lipinski definition) is 1. The molecule has 0 fully saturated rings. The fraction of sp³-hybridized carbons (Fsp3) is 0.0769. The summed E-state index contributed by atoms with van der Waals surface area (Å²) in [7, 11) is 0. The Morgan fingerprint density at radius 1 is 0.839 bits per heavy atom. The lowest BCUT2D eigenvalue weighted by Gasteiger charge is -2.24. The van der Waals surface area contributed by atoms with Gasteiger partial charge in [0.1, 0.15) is 17.5 Å². The summed E-state index contributed by atoms with van der Waals surface area (Å²) < 4.78 is 5.78. The van der Waals surface area contributed by atoms with Crippen LogP contribution >= 0.6 is 0 Å². The van der Waals surface area contributed by atoms with Crippen LogP contribution in [0.4, 0.5) is 11.4 Å². The van der Waals surface area contributed by atoms with E-state index in [2.05, 4.69) is 5.32 Å². The molecule has 1 aliphatic heterocycles.